The number of carbonyl (C=O) groups excluding carboxylic acids is 1. The molecule has 1 aromatic carbocycles. The molecule has 0 saturated heterocycles. The zero-order valence-electron chi connectivity index (χ0n) is 17.5. The maximum Gasteiger partial charge on any atom is 0.259 e. The number of aliphatic hydroxyl groups excluding tert-OH is 1. The van der Waals surface area contributed by atoms with E-state index in [9.17, 15) is 9.90 Å². The molecule has 9 nitrogen and oxygen atoms in total. The highest BCUT2D eigenvalue weighted by Gasteiger charge is 2.28. The molecular weight excluding hydrogens is 408 g/mol. The Morgan fingerprint density at radius 3 is 2.97 bits per heavy atom. The molecule has 2 unspecified atom stereocenters. The normalized spacial score (nSPS) is 21.2. The Balaban J connectivity index is 1.35. The van der Waals surface area contributed by atoms with Crippen LogP contribution in [0.25, 0.3) is 16.6 Å². The number of benzene rings is 1. The van der Waals surface area contributed by atoms with Crippen molar-refractivity contribution in [2.45, 2.75) is 56.8 Å². The van der Waals surface area contributed by atoms with Crippen LogP contribution in [0.3, 0.4) is 0 Å². The molecule has 3 heterocycles. The van der Waals surface area contributed by atoms with Gasteiger partial charge in [-0.05, 0) is 50.7 Å². The van der Waals surface area contributed by atoms with E-state index in [1.807, 2.05) is 23.0 Å². The largest absolute Gasteiger partial charge is 0.490 e. The van der Waals surface area contributed by atoms with Crippen LogP contribution in [0.5, 0.6) is 5.75 Å². The predicted octanol–water partition coefficient (Wildman–Crippen LogP) is 3.35. The number of hydrogen-bond acceptors (Lipinski definition) is 6. The minimum absolute atomic E-state index is 0.147. The molecule has 6 rings (SSSR count). The van der Waals surface area contributed by atoms with Gasteiger partial charge < -0.3 is 15.2 Å². The molecule has 0 spiro atoms. The smallest absolute Gasteiger partial charge is 0.259 e. The van der Waals surface area contributed by atoms with Crippen LogP contribution in [-0.4, -0.2) is 47.6 Å². The number of nitrogens with zero attached hydrogens (tertiary/aromatic N) is 5. The van der Waals surface area contributed by atoms with Gasteiger partial charge in [0.25, 0.3) is 5.91 Å². The fraction of sp³-hybridized carbons (Fsp3) is 0.391. The Morgan fingerprint density at radius 2 is 2.12 bits per heavy atom. The molecule has 164 valence electrons. The van der Waals surface area contributed by atoms with Crippen molar-refractivity contribution < 1.29 is 14.6 Å². The molecule has 1 amide bonds. The number of amides is 1. The highest BCUT2D eigenvalue weighted by Crippen LogP contribution is 2.34. The van der Waals surface area contributed by atoms with E-state index in [4.69, 9.17) is 9.84 Å². The average molecular weight is 432 g/mol. The summed E-state index contributed by atoms with van der Waals surface area (Å²) in [6.07, 6.45) is 12.4. The second-order valence-corrected chi connectivity index (χ2v) is 8.71. The van der Waals surface area contributed by atoms with Crippen molar-refractivity contribution in [1.82, 2.24) is 24.4 Å². The second kappa shape index (κ2) is 7.59. The van der Waals surface area contributed by atoms with Gasteiger partial charge in [-0.2, -0.15) is 10.2 Å². The maximum atomic E-state index is 13.3. The number of hydrogen-bond donors (Lipinski definition) is 2. The number of aliphatic hydroxyl groups is 1. The van der Waals surface area contributed by atoms with Gasteiger partial charge in [0.2, 0.25) is 0 Å². The first kappa shape index (κ1) is 19.2. The van der Waals surface area contributed by atoms with Crippen molar-refractivity contribution in [3.05, 3.63) is 48.5 Å². The quantitative estimate of drug-likeness (QED) is 0.501. The van der Waals surface area contributed by atoms with E-state index >= 15 is 0 Å². The molecular formula is C23H24N6O3. The van der Waals surface area contributed by atoms with E-state index in [0.29, 0.717) is 29.1 Å². The highest BCUT2D eigenvalue weighted by molar-refractivity contribution is 6.09. The van der Waals surface area contributed by atoms with Gasteiger partial charge in [0.15, 0.2) is 5.65 Å². The van der Waals surface area contributed by atoms with Gasteiger partial charge in [0.1, 0.15) is 11.4 Å². The number of carbonyl (C=O) groups is 1. The highest BCUT2D eigenvalue weighted by atomic mass is 16.5. The molecule has 2 saturated carbocycles. The molecule has 2 atom stereocenters. The second-order valence-electron chi connectivity index (χ2n) is 8.71. The Morgan fingerprint density at radius 1 is 1.22 bits per heavy atom. The third kappa shape index (κ3) is 3.58. The minimum atomic E-state index is -0.282. The van der Waals surface area contributed by atoms with Crippen LogP contribution in [0.15, 0.2) is 43.0 Å². The first-order chi connectivity index (χ1) is 15.6. The number of rotatable bonds is 5. The van der Waals surface area contributed by atoms with E-state index in [2.05, 4.69) is 15.4 Å². The lowest BCUT2D eigenvalue weighted by molar-refractivity contribution is 0.100. The molecule has 3 aromatic heterocycles. The molecule has 32 heavy (non-hydrogen) atoms. The standard InChI is InChI=1S/C23H24N6O3/c30-16-4-1-3-15(10-16)29-13-14-9-18(21(11-19(14)27-29)32-17-5-6-17)23(31)26-20-12-25-28-8-2-7-24-22(20)28/h2,7-9,11-13,15-17,30H,1,3-6,10H2,(H,26,31). The van der Waals surface area contributed by atoms with Crippen LogP contribution >= 0.6 is 0 Å². The third-order valence-electron chi connectivity index (χ3n) is 6.21. The molecule has 0 bridgehead atoms. The SMILES string of the molecule is O=C(Nc1cnn2cccnc12)c1cc2cn(C3CCCC(O)C3)nc2cc1OC1CC1. The average Bonchev–Trinajstić information content (AvgIpc) is 3.37. The number of fused-ring (bicyclic) bond motifs is 2. The molecule has 2 N–H and O–H groups in total. The summed E-state index contributed by atoms with van der Waals surface area (Å²) in [5.41, 5.74) is 2.37. The zero-order chi connectivity index (χ0) is 21.7. The maximum absolute atomic E-state index is 13.3. The summed E-state index contributed by atoms with van der Waals surface area (Å²) in [4.78, 5) is 17.6. The van der Waals surface area contributed by atoms with E-state index in [1.54, 1.807) is 29.2 Å². The summed E-state index contributed by atoms with van der Waals surface area (Å²) < 4.78 is 9.63. The van der Waals surface area contributed by atoms with Crippen LogP contribution in [0.4, 0.5) is 5.69 Å². The van der Waals surface area contributed by atoms with Gasteiger partial charge in [0, 0.05) is 30.0 Å². The monoisotopic (exact) mass is 432 g/mol. The zero-order valence-corrected chi connectivity index (χ0v) is 17.5. The fourth-order valence-corrected chi connectivity index (χ4v) is 4.38. The number of nitrogens with one attached hydrogen (secondary N) is 1. The van der Waals surface area contributed by atoms with Crippen molar-refractivity contribution in [3.8, 4) is 5.75 Å². The minimum Gasteiger partial charge on any atom is -0.490 e. The van der Waals surface area contributed by atoms with Gasteiger partial charge in [-0.3, -0.25) is 9.48 Å². The van der Waals surface area contributed by atoms with Crippen molar-refractivity contribution in [3.63, 3.8) is 0 Å². The van der Waals surface area contributed by atoms with Crippen molar-refractivity contribution in [2.24, 2.45) is 0 Å². The van der Waals surface area contributed by atoms with Gasteiger partial charge in [-0.25, -0.2) is 9.50 Å². The Bertz CT molecular complexity index is 1310. The molecule has 9 heteroatoms. The Kier molecular flexibility index (Phi) is 4.57. The summed E-state index contributed by atoms with van der Waals surface area (Å²) in [5.74, 6) is 0.264. The first-order valence-corrected chi connectivity index (χ1v) is 11.1. The van der Waals surface area contributed by atoms with Crippen molar-refractivity contribution in [1.29, 1.82) is 0 Å². The van der Waals surface area contributed by atoms with Crippen LogP contribution in [-0.2, 0) is 0 Å². The summed E-state index contributed by atoms with van der Waals surface area (Å²) in [6, 6.07) is 5.64. The molecule has 2 aliphatic rings. The summed E-state index contributed by atoms with van der Waals surface area (Å²) in [6.45, 7) is 0. The number of aromatic nitrogens is 5. The summed E-state index contributed by atoms with van der Waals surface area (Å²) in [5, 5.41) is 22.8. The molecule has 4 aromatic rings. The summed E-state index contributed by atoms with van der Waals surface area (Å²) >= 11 is 0. The molecule has 2 fully saturated rings. The van der Waals surface area contributed by atoms with E-state index < -0.39 is 0 Å². The molecule has 0 aliphatic heterocycles. The number of ether oxygens (including phenoxy) is 1. The van der Waals surface area contributed by atoms with Crippen molar-refractivity contribution >= 4 is 28.1 Å². The molecule has 2 aliphatic carbocycles. The predicted molar refractivity (Wildman–Crippen MR) is 118 cm³/mol. The van der Waals surface area contributed by atoms with E-state index in [1.165, 1.54) is 0 Å². The topological polar surface area (TPSA) is 107 Å². The van der Waals surface area contributed by atoms with Crippen LogP contribution in [0, 0.1) is 0 Å². The number of anilines is 1. The van der Waals surface area contributed by atoms with E-state index in [-0.39, 0.29) is 24.2 Å². The Hall–Kier alpha value is -3.46. The lowest BCUT2D eigenvalue weighted by Crippen LogP contribution is -2.22. The first-order valence-electron chi connectivity index (χ1n) is 11.1. The third-order valence-corrected chi connectivity index (χ3v) is 6.21. The van der Waals surface area contributed by atoms with Crippen LogP contribution in [0.2, 0.25) is 0 Å². The lowest BCUT2D eigenvalue weighted by Gasteiger charge is -2.25. The van der Waals surface area contributed by atoms with Crippen LogP contribution < -0.4 is 10.1 Å². The summed E-state index contributed by atoms with van der Waals surface area (Å²) in [7, 11) is 0. The van der Waals surface area contributed by atoms with Crippen LogP contribution in [0.1, 0.15) is 54.9 Å². The Labute approximate surface area is 184 Å². The van der Waals surface area contributed by atoms with Crippen molar-refractivity contribution in [2.75, 3.05) is 5.32 Å². The van der Waals surface area contributed by atoms with Gasteiger partial charge >= 0.3 is 0 Å². The van der Waals surface area contributed by atoms with Gasteiger partial charge in [-0.1, -0.05) is 0 Å². The fourth-order valence-electron chi connectivity index (χ4n) is 4.38. The molecule has 0 radical (unpaired) electrons. The van der Waals surface area contributed by atoms with E-state index in [0.717, 1.165) is 43.0 Å². The van der Waals surface area contributed by atoms with Gasteiger partial charge in [-0.15, -0.1) is 0 Å². The lowest BCUT2D eigenvalue weighted by atomic mass is 9.93. The van der Waals surface area contributed by atoms with Gasteiger partial charge in [0.05, 0.1) is 35.5 Å².